The number of para-hydroxylation sites is 1. The molecule has 1 amide bonds. The Bertz CT molecular complexity index is 754. The van der Waals surface area contributed by atoms with Crippen molar-refractivity contribution in [3.8, 4) is 0 Å². The third-order valence-corrected chi connectivity index (χ3v) is 3.16. The topological polar surface area (TPSA) is 55.1 Å². The summed E-state index contributed by atoms with van der Waals surface area (Å²) < 4.78 is 4.96. The number of carbonyl (C=O) groups is 1. The van der Waals surface area contributed by atoms with Crippen molar-refractivity contribution in [1.29, 1.82) is 0 Å². The third-order valence-electron chi connectivity index (χ3n) is 2.96. The minimum atomic E-state index is -0.188. The zero-order valence-corrected chi connectivity index (χ0v) is 11.2. The first-order chi connectivity index (χ1) is 9.74. The number of aromatic nitrogens is 1. The van der Waals surface area contributed by atoms with Crippen LogP contribution in [0.25, 0.3) is 10.9 Å². The number of rotatable bonds is 3. The van der Waals surface area contributed by atoms with E-state index in [1.165, 1.54) is 0 Å². The van der Waals surface area contributed by atoms with Crippen molar-refractivity contribution in [3.63, 3.8) is 0 Å². The largest absolute Gasteiger partial charge is 0.472 e. The minimum Gasteiger partial charge on any atom is -0.472 e. The number of nitrogens with zero attached hydrogens (tertiary/aromatic N) is 1. The van der Waals surface area contributed by atoms with Gasteiger partial charge >= 0.3 is 0 Å². The Morgan fingerprint density at radius 1 is 1.30 bits per heavy atom. The summed E-state index contributed by atoms with van der Waals surface area (Å²) in [5.74, 6) is -0.188. The summed E-state index contributed by atoms with van der Waals surface area (Å²) in [7, 11) is 0. The second kappa shape index (κ2) is 5.35. The molecule has 1 aromatic carbocycles. The number of hydrogen-bond acceptors (Lipinski definition) is 3. The van der Waals surface area contributed by atoms with E-state index >= 15 is 0 Å². The third kappa shape index (κ3) is 2.51. The number of fused-ring (bicyclic) bond motifs is 1. The standard InChI is InChI=1S/C15H11ClN2O2/c16-14-7-12(11-3-1-2-4-13(11)18-14)15(19)17-8-10-5-6-20-9-10/h1-7,9H,8H2,(H,17,19). The van der Waals surface area contributed by atoms with Gasteiger partial charge in [0.05, 0.1) is 23.6 Å². The smallest absolute Gasteiger partial charge is 0.252 e. The lowest BCUT2D eigenvalue weighted by Crippen LogP contribution is -2.22. The molecule has 1 N–H and O–H groups in total. The summed E-state index contributed by atoms with van der Waals surface area (Å²) in [6.45, 7) is 0.406. The molecule has 0 saturated carbocycles. The predicted octanol–water partition coefficient (Wildman–Crippen LogP) is 3.41. The second-order valence-electron chi connectivity index (χ2n) is 4.32. The highest BCUT2D eigenvalue weighted by molar-refractivity contribution is 6.30. The van der Waals surface area contributed by atoms with Crippen molar-refractivity contribution < 1.29 is 9.21 Å². The molecular formula is C15H11ClN2O2. The lowest BCUT2D eigenvalue weighted by molar-refractivity contribution is 0.0952. The summed E-state index contributed by atoms with van der Waals surface area (Å²) in [6, 6.07) is 10.8. The van der Waals surface area contributed by atoms with E-state index in [0.29, 0.717) is 22.8 Å². The van der Waals surface area contributed by atoms with Gasteiger partial charge in [-0.25, -0.2) is 4.98 Å². The van der Waals surface area contributed by atoms with Crippen molar-refractivity contribution in [2.45, 2.75) is 6.54 Å². The number of carbonyl (C=O) groups excluding carboxylic acids is 1. The maximum absolute atomic E-state index is 12.3. The Morgan fingerprint density at radius 3 is 2.95 bits per heavy atom. The van der Waals surface area contributed by atoms with Crippen LogP contribution in [0.3, 0.4) is 0 Å². The molecule has 100 valence electrons. The normalized spacial score (nSPS) is 10.7. The van der Waals surface area contributed by atoms with Crippen LogP contribution >= 0.6 is 11.6 Å². The van der Waals surface area contributed by atoms with Crippen LogP contribution in [0, 0.1) is 0 Å². The molecule has 0 spiro atoms. The summed E-state index contributed by atoms with van der Waals surface area (Å²) in [5.41, 5.74) is 2.13. The maximum Gasteiger partial charge on any atom is 0.252 e. The quantitative estimate of drug-likeness (QED) is 0.751. The van der Waals surface area contributed by atoms with E-state index in [9.17, 15) is 4.79 Å². The lowest BCUT2D eigenvalue weighted by Gasteiger charge is -2.07. The van der Waals surface area contributed by atoms with Gasteiger partial charge in [-0.1, -0.05) is 29.8 Å². The molecule has 5 heteroatoms. The Kier molecular flexibility index (Phi) is 3.39. The average molecular weight is 287 g/mol. The van der Waals surface area contributed by atoms with Crippen LogP contribution in [0.1, 0.15) is 15.9 Å². The van der Waals surface area contributed by atoms with Crippen LogP contribution < -0.4 is 5.32 Å². The number of halogens is 1. The summed E-state index contributed by atoms with van der Waals surface area (Å²) >= 11 is 5.96. The molecule has 0 radical (unpaired) electrons. The number of amides is 1. The molecule has 3 aromatic rings. The molecule has 0 fully saturated rings. The molecule has 20 heavy (non-hydrogen) atoms. The number of furan rings is 1. The minimum absolute atomic E-state index is 0.188. The van der Waals surface area contributed by atoms with E-state index in [0.717, 1.165) is 10.9 Å². The predicted molar refractivity (Wildman–Crippen MR) is 76.6 cm³/mol. The van der Waals surface area contributed by atoms with Gasteiger partial charge in [0, 0.05) is 17.5 Å². The van der Waals surface area contributed by atoms with E-state index in [2.05, 4.69) is 10.3 Å². The Balaban J connectivity index is 1.90. The van der Waals surface area contributed by atoms with Crippen LogP contribution in [0.5, 0.6) is 0 Å². The van der Waals surface area contributed by atoms with Crippen molar-refractivity contribution in [2.24, 2.45) is 0 Å². The van der Waals surface area contributed by atoms with Gasteiger partial charge in [0.25, 0.3) is 5.91 Å². The average Bonchev–Trinajstić information content (AvgIpc) is 2.97. The van der Waals surface area contributed by atoms with Gasteiger partial charge in [-0.15, -0.1) is 0 Å². The van der Waals surface area contributed by atoms with Crippen LogP contribution in [-0.2, 0) is 6.54 Å². The monoisotopic (exact) mass is 286 g/mol. The molecule has 0 atom stereocenters. The SMILES string of the molecule is O=C(NCc1ccoc1)c1cc(Cl)nc2ccccc12. The molecule has 3 rings (SSSR count). The fourth-order valence-electron chi connectivity index (χ4n) is 2.00. The highest BCUT2D eigenvalue weighted by atomic mass is 35.5. The van der Waals surface area contributed by atoms with E-state index in [1.807, 2.05) is 24.3 Å². The highest BCUT2D eigenvalue weighted by Crippen LogP contribution is 2.20. The van der Waals surface area contributed by atoms with Gasteiger partial charge in [-0.05, 0) is 18.2 Å². The summed E-state index contributed by atoms with van der Waals surface area (Å²) in [6.07, 6.45) is 3.16. The lowest BCUT2D eigenvalue weighted by atomic mass is 10.1. The zero-order chi connectivity index (χ0) is 13.9. The van der Waals surface area contributed by atoms with Crippen LogP contribution in [0.4, 0.5) is 0 Å². The van der Waals surface area contributed by atoms with Crippen LogP contribution in [0.15, 0.2) is 53.3 Å². The van der Waals surface area contributed by atoms with E-state index in [4.69, 9.17) is 16.0 Å². The van der Waals surface area contributed by atoms with Crippen molar-refractivity contribution >= 4 is 28.4 Å². The molecule has 2 aromatic heterocycles. The van der Waals surface area contributed by atoms with Gasteiger partial charge < -0.3 is 9.73 Å². The first kappa shape index (κ1) is 12.7. The van der Waals surface area contributed by atoms with Crippen molar-refractivity contribution in [1.82, 2.24) is 10.3 Å². The fourth-order valence-corrected chi connectivity index (χ4v) is 2.20. The first-order valence-electron chi connectivity index (χ1n) is 6.08. The summed E-state index contributed by atoms with van der Waals surface area (Å²) in [5, 5.41) is 3.92. The Morgan fingerprint density at radius 2 is 2.15 bits per heavy atom. The number of nitrogens with one attached hydrogen (secondary N) is 1. The van der Waals surface area contributed by atoms with E-state index < -0.39 is 0 Å². The maximum atomic E-state index is 12.3. The molecule has 0 saturated heterocycles. The zero-order valence-electron chi connectivity index (χ0n) is 10.5. The van der Waals surface area contributed by atoms with Crippen molar-refractivity contribution in [2.75, 3.05) is 0 Å². The van der Waals surface area contributed by atoms with Gasteiger partial charge in [-0.3, -0.25) is 4.79 Å². The van der Waals surface area contributed by atoms with E-state index in [-0.39, 0.29) is 5.91 Å². The molecule has 0 aliphatic rings. The second-order valence-corrected chi connectivity index (χ2v) is 4.71. The summed E-state index contributed by atoms with van der Waals surface area (Å²) in [4.78, 5) is 16.5. The molecule has 0 bridgehead atoms. The number of hydrogen-bond donors (Lipinski definition) is 1. The molecule has 0 unspecified atom stereocenters. The van der Waals surface area contributed by atoms with E-state index in [1.54, 1.807) is 24.7 Å². The molecule has 2 heterocycles. The fraction of sp³-hybridized carbons (Fsp3) is 0.0667. The first-order valence-corrected chi connectivity index (χ1v) is 6.46. The number of benzene rings is 1. The highest BCUT2D eigenvalue weighted by Gasteiger charge is 2.12. The van der Waals surface area contributed by atoms with Crippen LogP contribution in [0.2, 0.25) is 5.15 Å². The van der Waals surface area contributed by atoms with Gasteiger partial charge in [0.2, 0.25) is 0 Å². The molecule has 4 nitrogen and oxygen atoms in total. The molecular weight excluding hydrogens is 276 g/mol. The Hall–Kier alpha value is -2.33. The molecule has 0 aliphatic heterocycles. The van der Waals surface area contributed by atoms with Crippen LogP contribution in [-0.4, -0.2) is 10.9 Å². The van der Waals surface area contributed by atoms with Crippen molar-refractivity contribution in [3.05, 3.63) is 65.2 Å². The molecule has 0 aliphatic carbocycles. The van der Waals surface area contributed by atoms with Gasteiger partial charge in [-0.2, -0.15) is 0 Å². The van der Waals surface area contributed by atoms with Gasteiger partial charge in [0.1, 0.15) is 5.15 Å². The Labute approximate surface area is 120 Å². The van der Waals surface area contributed by atoms with Gasteiger partial charge in [0.15, 0.2) is 0 Å². The number of pyridine rings is 1.